The maximum absolute atomic E-state index is 13.2. The second kappa shape index (κ2) is 10.7. The molecular formula is C26H21F2N3O5. The lowest BCUT2D eigenvalue weighted by Crippen LogP contribution is -2.30. The molecule has 2 N–H and O–H groups in total. The number of amides is 4. The van der Waals surface area contributed by atoms with Crippen LogP contribution in [0.5, 0.6) is 11.5 Å². The third-order valence-electron chi connectivity index (χ3n) is 5.22. The van der Waals surface area contributed by atoms with Gasteiger partial charge in [0.2, 0.25) is 0 Å². The molecule has 36 heavy (non-hydrogen) atoms. The molecule has 0 bridgehead atoms. The van der Waals surface area contributed by atoms with Crippen molar-refractivity contribution in [3.63, 3.8) is 0 Å². The summed E-state index contributed by atoms with van der Waals surface area (Å²) in [6.07, 6.45) is 1.42. The highest BCUT2D eigenvalue weighted by Gasteiger charge is 2.33. The number of imide groups is 1. The SMILES string of the molecule is COc1cccc(/C=C2\NC(=O)N(Cc3ccc(F)cc3)C2=O)c1OCC(=O)Nc1ccc(F)cc1. The summed E-state index contributed by atoms with van der Waals surface area (Å²) >= 11 is 0. The van der Waals surface area contributed by atoms with E-state index in [0.717, 1.165) is 4.90 Å². The molecule has 4 rings (SSSR count). The number of hydrogen-bond acceptors (Lipinski definition) is 5. The maximum atomic E-state index is 13.2. The molecule has 8 nitrogen and oxygen atoms in total. The number of carbonyl (C=O) groups excluding carboxylic acids is 3. The van der Waals surface area contributed by atoms with E-state index in [-0.39, 0.29) is 18.0 Å². The van der Waals surface area contributed by atoms with E-state index in [1.165, 1.54) is 61.7 Å². The van der Waals surface area contributed by atoms with Crippen molar-refractivity contribution in [2.45, 2.75) is 6.54 Å². The van der Waals surface area contributed by atoms with E-state index in [9.17, 15) is 23.2 Å². The maximum Gasteiger partial charge on any atom is 0.329 e. The van der Waals surface area contributed by atoms with E-state index in [1.54, 1.807) is 18.2 Å². The van der Waals surface area contributed by atoms with Crippen molar-refractivity contribution in [1.82, 2.24) is 10.2 Å². The molecule has 10 heteroatoms. The van der Waals surface area contributed by atoms with Gasteiger partial charge in [0, 0.05) is 11.3 Å². The van der Waals surface area contributed by atoms with Gasteiger partial charge in [-0.15, -0.1) is 0 Å². The number of benzene rings is 3. The normalized spacial score (nSPS) is 14.1. The number of methoxy groups -OCH3 is 1. The number of nitrogens with zero attached hydrogens (tertiary/aromatic N) is 1. The molecule has 1 aliphatic heterocycles. The van der Waals surface area contributed by atoms with E-state index >= 15 is 0 Å². The first kappa shape index (κ1) is 24.4. The minimum absolute atomic E-state index is 0.00372. The van der Waals surface area contributed by atoms with E-state index in [0.29, 0.717) is 22.6 Å². The largest absolute Gasteiger partial charge is 0.493 e. The topological polar surface area (TPSA) is 97.0 Å². The van der Waals surface area contributed by atoms with Gasteiger partial charge < -0.3 is 20.1 Å². The summed E-state index contributed by atoms with van der Waals surface area (Å²) in [5.41, 5.74) is 1.36. The Kier molecular flexibility index (Phi) is 7.24. The van der Waals surface area contributed by atoms with Gasteiger partial charge in [0.25, 0.3) is 11.8 Å². The minimum atomic E-state index is -0.625. The number of para-hydroxylation sites is 1. The van der Waals surface area contributed by atoms with Gasteiger partial charge in [-0.05, 0) is 54.1 Å². The van der Waals surface area contributed by atoms with Gasteiger partial charge in [-0.2, -0.15) is 0 Å². The van der Waals surface area contributed by atoms with Crippen LogP contribution in [0, 0.1) is 11.6 Å². The highest BCUT2D eigenvalue weighted by atomic mass is 19.1. The molecule has 3 aromatic rings. The monoisotopic (exact) mass is 493 g/mol. The molecule has 1 heterocycles. The van der Waals surface area contributed by atoms with Gasteiger partial charge in [0.1, 0.15) is 17.3 Å². The summed E-state index contributed by atoms with van der Waals surface area (Å²) in [5, 5.41) is 5.11. The third-order valence-corrected chi connectivity index (χ3v) is 5.22. The number of hydrogen-bond donors (Lipinski definition) is 2. The van der Waals surface area contributed by atoms with Crippen LogP contribution in [0.25, 0.3) is 6.08 Å². The predicted octanol–water partition coefficient (Wildman–Crippen LogP) is 4.08. The second-order valence-electron chi connectivity index (χ2n) is 7.73. The molecule has 0 aliphatic carbocycles. The van der Waals surface area contributed by atoms with Gasteiger partial charge in [0.15, 0.2) is 18.1 Å². The number of ether oxygens (including phenoxy) is 2. The fourth-order valence-electron chi connectivity index (χ4n) is 3.47. The van der Waals surface area contributed by atoms with Crippen molar-refractivity contribution in [2.24, 2.45) is 0 Å². The zero-order valence-corrected chi connectivity index (χ0v) is 19.1. The van der Waals surface area contributed by atoms with Crippen LogP contribution < -0.4 is 20.1 Å². The first-order valence-corrected chi connectivity index (χ1v) is 10.8. The average molecular weight is 493 g/mol. The van der Waals surface area contributed by atoms with Crippen LogP contribution in [0.15, 0.2) is 72.4 Å². The zero-order chi connectivity index (χ0) is 25.7. The minimum Gasteiger partial charge on any atom is -0.493 e. The summed E-state index contributed by atoms with van der Waals surface area (Å²) < 4.78 is 37.3. The molecule has 4 amide bonds. The Hall–Kier alpha value is -4.73. The predicted molar refractivity (Wildman–Crippen MR) is 127 cm³/mol. The Balaban J connectivity index is 1.50. The number of rotatable bonds is 8. The molecular weight excluding hydrogens is 472 g/mol. The van der Waals surface area contributed by atoms with Gasteiger partial charge in [-0.25, -0.2) is 13.6 Å². The molecule has 1 aliphatic rings. The number of urea groups is 1. The molecule has 0 spiro atoms. The Bertz CT molecular complexity index is 1320. The Morgan fingerprint density at radius 2 is 1.67 bits per heavy atom. The van der Waals surface area contributed by atoms with E-state index < -0.39 is 36.1 Å². The summed E-state index contributed by atoms with van der Waals surface area (Å²) in [7, 11) is 1.42. The van der Waals surface area contributed by atoms with Crippen molar-refractivity contribution < 1.29 is 32.6 Å². The van der Waals surface area contributed by atoms with E-state index in [2.05, 4.69) is 10.6 Å². The van der Waals surface area contributed by atoms with E-state index in [4.69, 9.17) is 9.47 Å². The van der Waals surface area contributed by atoms with Crippen molar-refractivity contribution in [3.8, 4) is 11.5 Å². The molecule has 0 atom stereocenters. The summed E-state index contributed by atoms with van der Waals surface area (Å²) in [6, 6.07) is 15.0. The Labute approximate surface area is 205 Å². The summed E-state index contributed by atoms with van der Waals surface area (Å²) in [5.74, 6) is -1.44. The molecule has 0 saturated carbocycles. The van der Waals surface area contributed by atoms with Crippen molar-refractivity contribution in [2.75, 3.05) is 19.0 Å². The van der Waals surface area contributed by atoms with Crippen LogP contribution in [0.2, 0.25) is 0 Å². The first-order valence-electron chi connectivity index (χ1n) is 10.8. The number of nitrogens with one attached hydrogen (secondary N) is 2. The van der Waals surface area contributed by atoms with Gasteiger partial charge in [-0.3, -0.25) is 14.5 Å². The van der Waals surface area contributed by atoms with Crippen LogP contribution in [0.4, 0.5) is 19.3 Å². The fourth-order valence-corrected chi connectivity index (χ4v) is 3.47. The van der Waals surface area contributed by atoms with Gasteiger partial charge in [-0.1, -0.05) is 24.3 Å². The smallest absolute Gasteiger partial charge is 0.329 e. The van der Waals surface area contributed by atoms with Crippen LogP contribution in [-0.2, 0) is 16.1 Å². The molecule has 184 valence electrons. The summed E-state index contributed by atoms with van der Waals surface area (Å²) in [6.45, 7) is -0.432. The van der Waals surface area contributed by atoms with E-state index in [1.807, 2.05) is 0 Å². The van der Waals surface area contributed by atoms with Gasteiger partial charge in [0.05, 0.1) is 13.7 Å². The molecule has 1 saturated heterocycles. The fraction of sp³-hybridized carbons (Fsp3) is 0.115. The molecule has 0 radical (unpaired) electrons. The lowest BCUT2D eigenvalue weighted by molar-refractivity contribution is -0.123. The standard InChI is InChI=1S/C26H21F2N3O5/c1-35-22-4-2-3-17(24(22)36-15-23(32)29-20-11-9-19(28)10-12-20)13-21-25(33)31(26(34)30-21)14-16-5-7-18(27)8-6-16/h2-13H,14-15H2,1H3,(H,29,32)(H,30,34)/b21-13-. The molecule has 0 aromatic heterocycles. The average Bonchev–Trinajstić information content (AvgIpc) is 3.13. The second-order valence-corrected chi connectivity index (χ2v) is 7.73. The summed E-state index contributed by atoms with van der Waals surface area (Å²) in [4.78, 5) is 38.6. The van der Waals surface area contributed by atoms with Crippen molar-refractivity contribution in [1.29, 1.82) is 0 Å². The quantitative estimate of drug-likeness (QED) is 0.364. The first-order chi connectivity index (χ1) is 17.3. The molecule has 3 aromatic carbocycles. The van der Waals surface area contributed by atoms with Crippen molar-refractivity contribution in [3.05, 3.63) is 95.2 Å². The molecule has 1 fully saturated rings. The zero-order valence-electron chi connectivity index (χ0n) is 19.1. The van der Waals surface area contributed by atoms with Crippen LogP contribution in [0.1, 0.15) is 11.1 Å². The highest BCUT2D eigenvalue weighted by molar-refractivity contribution is 6.14. The van der Waals surface area contributed by atoms with Crippen LogP contribution >= 0.6 is 0 Å². The third kappa shape index (κ3) is 5.66. The molecule has 0 unspecified atom stereocenters. The van der Waals surface area contributed by atoms with Crippen LogP contribution in [0.3, 0.4) is 0 Å². The highest BCUT2D eigenvalue weighted by Crippen LogP contribution is 2.33. The lowest BCUT2D eigenvalue weighted by Gasteiger charge is -2.14. The lowest BCUT2D eigenvalue weighted by atomic mass is 10.1. The van der Waals surface area contributed by atoms with Crippen LogP contribution in [-0.4, -0.2) is 36.5 Å². The van der Waals surface area contributed by atoms with Gasteiger partial charge >= 0.3 is 6.03 Å². The Morgan fingerprint density at radius 1 is 1.00 bits per heavy atom. The number of carbonyl (C=O) groups is 3. The van der Waals surface area contributed by atoms with Crippen molar-refractivity contribution >= 4 is 29.6 Å². The number of halogens is 2. The Morgan fingerprint density at radius 3 is 2.33 bits per heavy atom. The number of anilines is 1.